The third-order valence-electron chi connectivity index (χ3n) is 6.92. The summed E-state index contributed by atoms with van der Waals surface area (Å²) < 4.78 is 23.4. The van der Waals surface area contributed by atoms with Crippen molar-refractivity contribution in [2.45, 2.75) is 108 Å². The van der Waals surface area contributed by atoms with Crippen LogP contribution in [0.2, 0.25) is 13.3 Å². The molecule has 0 spiro atoms. The zero-order valence-electron chi connectivity index (χ0n) is 19.1. The van der Waals surface area contributed by atoms with Gasteiger partial charge in [-0.15, -0.1) is 0 Å². The molecule has 3 rings (SSSR count). The standard InChI is InChI=1S/C13H13O4.3C4H9.Sn/c14-12-6-10-13(17-12)11(8-16-10)15-7-9-4-2-1-3-5-9;3*1-3-4-2;/h1-5,8,10-11,13H,6-7H2;3*1,3-4H2,2H3;/t10-,11+,13+;;;;/m1..../s1. The molecule has 5 heteroatoms. The third kappa shape index (κ3) is 5.80. The molecule has 2 heterocycles. The van der Waals surface area contributed by atoms with E-state index in [0.29, 0.717) is 13.0 Å². The molecule has 0 amide bonds. The molecule has 0 N–H and O–H groups in total. The molecule has 0 radical (unpaired) electrons. The van der Waals surface area contributed by atoms with Gasteiger partial charge in [-0.25, -0.2) is 0 Å². The van der Waals surface area contributed by atoms with Crippen molar-refractivity contribution >= 4 is 24.3 Å². The summed E-state index contributed by atoms with van der Waals surface area (Å²) in [5.41, 5.74) is 1.17. The summed E-state index contributed by atoms with van der Waals surface area (Å²) in [6.45, 7) is 7.45. The molecular weight excluding hydrogens is 483 g/mol. The van der Waals surface area contributed by atoms with E-state index in [1.807, 2.05) is 18.2 Å². The number of ether oxygens (including phenoxy) is 3. The van der Waals surface area contributed by atoms with Crippen molar-refractivity contribution < 1.29 is 19.0 Å². The predicted octanol–water partition coefficient (Wildman–Crippen LogP) is 6.04. The van der Waals surface area contributed by atoms with Crippen LogP contribution in [-0.2, 0) is 25.6 Å². The van der Waals surface area contributed by atoms with Gasteiger partial charge in [-0.1, -0.05) is 0 Å². The Morgan fingerprint density at radius 2 is 1.57 bits per heavy atom. The minimum atomic E-state index is -2.70. The molecule has 0 aliphatic carbocycles. The van der Waals surface area contributed by atoms with E-state index < -0.39 is 18.4 Å². The second kappa shape index (κ2) is 11.9. The van der Waals surface area contributed by atoms with Crippen molar-refractivity contribution in [3.05, 3.63) is 35.9 Å². The third-order valence-corrected chi connectivity index (χ3v) is 23.2. The Kier molecular flexibility index (Phi) is 9.52. The van der Waals surface area contributed by atoms with Crippen LogP contribution < -0.4 is 0 Å². The first-order valence-electron chi connectivity index (χ1n) is 12.1. The Morgan fingerprint density at radius 3 is 2.13 bits per heavy atom. The first kappa shape index (κ1) is 24.1. The SMILES string of the molecule is CCC[CH2][Sn]([CH2]CCC)([CH2]CCC)[C@H]1O[C@@H]2CC(=O)O[C@@H]2[C@H]1OCc1ccccc1. The molecule has 30 heavy (non-hydrogen) atoms. The van der Waals surface area contributed by atoms with Gasteiger partial charge in [-0.05, 0) is 0 Å². The topological polar surface area (TPSA) is 44.8 Å². The number of hydrogen-bond acceptors (Lipinski definition) is 4. The van der Waals surface area contributed by atoms with Crippen molar-refractivity contribution in [1.29, 1.82) is 0 Å². The normalized spacial score (nSPS) is 26.0. The van der Waals surface area contributed by atoms with E-state index >= 15 is 0 Å². The van der Waals surface area contributed by atoms with E-state index in [1.165, 1.54) is 57.4 Å². The van der Waals surface area contributed by atoms with Gasteiger partial charge in [0.05, 0.1) is 0 Å². The van der Waals surface area contributed by atoms with E-state index in [-0.39, 0.29) is 28.4 Å². The van der Waals surface area contributed by atoms with Gasteiger partial charge in [-0.2, -0.15) is 0 Å². The van der Waals surface area contributed by atoms with E-state index in [9.17, 15) is 4.79 Å². The van der Waals surface area contributed by atoms with Crippen LogP contribution in [0.15, 0.2) is 30.3 Å². The quantitative estimate of drug-likeness (QED) is 0.234. The van der Waals surface area contributed by atoms with Crippen LogP contribution in [0.4, 0.5) is 0 Å². The monoisotopic (exact) mass is 524 g/mol. The number of unbranched alkanes of at least 4 members (excludes halogenated alkanes) is 3. The predicted molar refractivity (Wildman–Crippen MR) is 123 cm³/mol. The van der Waals surface area contributed by atoms with Crippen molar-refractivity contribution in [2.75, 3.05) is 0 Å². The number of benzene rings is 1. The van der Waals surface area contributed by atoms with Crippen LogP contribution in [0.1, 0.15) is 71.3 Å². The van der Waals surface area contributed by atoms with Gasteiger partial charge in [0.2, 0.25) is 0 Å². The van der Waals surface area contributed by atoms with Crippen molar-refractivity contribution in [3.63, 3.8) is 0 Å². The fourth-order valence-corrected chi connectivity index (χ4v) is 23.0. The fourth-order valence-electron chi connectivity index (χ4n) is 5.23. The molecule has 0 aromatic heterocycles. The Bertz CT molecular complexity index is 628. The van der Waals surface area contributed by atoms with Crippen molar-refractivity contribution in [2.24, 2.45) is 0 Å². The summed E-state index contributed by atoms with van der Waals surface area (Å²) in [4.78, 5) is 12.0. The summed E-state index contributed by atoms with van der Waals surface area (Å²) in [6.07, 6.45) is 7.57. The zero-order chi connectivity index (χ0) is 21.4. The zero-order valence-corrected chi connectivity index (χ0v) is 22.0. The van der Waals surface area contributed by atoms with Crippen LogP contribution >= 0.6 is 0 Å². The van der Waals surface area contributed by atoms with E-state index in [1.54, 1.807) is 0 Å². The molecule has 0 unspecified atom stereocenters. The second-order valence-corrected chi connectivity index (χ2v) is 22.9. The number of rotatable bonds is 13. The number of carbonyl (C=O) groups is 1. The van der Waals surface area contributed by atoms with Crippen LogP contribution in [0, 0.1) is 0 Å². The molecular formula is C25H40O4Sn. The van der Waals surface area contributed by atoms with Crippen LogP contribution in [-0.4, -0.2) is 46.8 Å². The van der Waals surface area contributed by atoms with Gasteiger partial charge >= 0.3 is 187 Å². The molecule has 4 nitrogen and oxygen atoms in total. The molecule has 0 saturated carbocycles. The molecule has 2 aliphatic heterocycles. The minimum absolute atomic E-state index is 0.0944. The Morgan fingerprint density at radius 1 is 0.967 bits per heavy atom. The van der Waals surface area contributed by atoms with Crippen molar-refractivity contribution in [3.8, 4) is 0 Å². The van der Waals surface area contributed by atoms with Crippen LogP contribution in [0.5, 0.6) is 0 Å². The first-order valence-corrected chi connectivity index (χ1v) is 19.8. The number of fused-ring (bicyclic) bond motifs is 1. The van der Waals surface area contributed by atoms with E-state index in [0.717, 1.165) is 0 Å². The molecule has 0 bridgehead atoms. The average Bonchev–Trinajstić information content (AvgIpc) is 3.29. The van der Waals surface area contributed by atoms with Gasteiger partial charge in [0.15, 0.2) is 0 Å². The summed E-state index contributed by atoms with van der Waals surface area (Å²) >= 11 is -2.70. The summed E-state index contributed by atoms with van der Waals surface area (Å²) in [5, 5.41) is 0. The second-order valence-electron chi connectivity index (χ2n) is 9.19. The average molecular weight is 523 g/mol. The molecule has 168 valence electrons. The summed E-state index contributed by atoms with van der Waals surface area (Å²) in [5.74, 6) is -0.131. The van der Waals surface area contributed by atoms with Crippen LogP contribution in [0.25, 0.3) is 0 Å². The maximum absolute atomic E-state index is 12.0. The van der Waals surface area contributed by atoms with Crippen molar-refractivity contribution in [1.82, 2.24) is 0 Å². The van der Waals surface area contributed by atoms with Gasteiger partial charge in [0.1, 0.15) is 0 Å². The Balaban J connectivity index is 1.86. The molecule has 2 aliphatic rings. The van der Waals surface area contributed by atoms with Gasteiger partial charge in [0, 0.05) is 0 Å². The molecule has 1 aromatic carbocycles. The van der Waals surface area contributed by atoms with Gasteiger partial charge in [-0.3, -0.25) is 0 Å². The first-order chi connectivity index (χ1) is 14.6. The molecule has 1 aromatic rings. The summed E-state index contributed by atoms with van der Waals surface area (Å²) in [6, 6.07) is 10.3. The fraction of sp³-hybridized carbons (Fsp3) is 0.720. The number of esters is 1. The maximum atomic E-state index is 12.0. The van der Waals surface area contributed by atoms with Gasteiger partial charge in [0.25, 0.3) is 0 Å². The molecule has 2 fully saturated rings. The number of hydrogen-bond donors (Lipinski definition) is 0. The molecule has 2 saturated heterocycles. The Labute approximate surface area is 186 Å². The number of carbonyl (C=O) groups excluding carboxylic acids is 1. The van der Waals surface area contributed by atoms with E-state index in [4.69, 9.17) is 14.2 Å². The van der Waals surface area contributed by atoms with E-state index in [2.05, 4.69) is 32.9 Å². The summed E-state index contributed by atoms with van der Waals surface area (Å²) in [7, 11) is 0. The molecule has 4 atom stereocenters. The Hall–Kier alpha value is -0.591. The van der Waals surface area contributed by atoms with Gasteiger partial charge < -0.3 is 0 Å². The van der Waals surface area contributed by atoms with Crippen LogP contribution in [0.3, 0.4) is 0 Å².